The molecular weight excluding hydrogens is 304 g/mol. The zero-order valence-corrected chi connectivity index (χ0v) is 13.0. The summed E-state index contributed by atoms with van der Waals surface area (Å²) in [7, 11) is 0. The first kappa shape index (κ1) is 14.0. The molecule has 4 heteroatoms. The van der Waals surface area contributed by atoms with Crippen molar-refractivity contribution in [2.45, 2.75) is 20.8 Å². The number of amides is 1. The average molecular weight is 321 g/mol. The topological polar surface area (TPSA) is 33.2 Å². The fourth-order valence-electron chi connectivity index (χ4n) is 2.23. The van der Waals surface area contributed by atoms with Gasteiger partial charge in [-0.1, -0.05) is 22.0 Å². The van der Waals surface area contributed by atoms with Gasteiger partial charge in [-0.25, -0.2) is 0 Å². The fourth-order valence-corrected chi connectivity index (χ4v) is 2.76. The van der Waals surface area contributed by atoms with Gasteiger partial charge in [0.2, 0.25) is 0 Å². The Bertz CT molecular complexity index is 621. The number of hydrogen-bond acceptors (Lipinski definition) is 2. The Morgan fingerprint density at radius 3 is 2.58 bits per heavy atom. The van der Waals surface area contributed by atoms with Crippen LogP contribution >= 0.6 is 15.9 Å². The van der Waals surface area contributed by atoms with E-state index in [-0.39, 0.29) is 5.91 Å². The van der Waals surface area contributed by atoms with Crippen molar-refractivity contribution in [1.29, 1.82) is 0 Å². The highest BCUT2D eigenvalue weighted by Gasteiger charge is 2.18. The molecule has 0 atom stereocenters. The van der Waals surface area contributed by atoms with E-state index >= 15 is 0 Å². The Balaban J connectivity index is 2.68. The number of fused-ring (bicyclic) bond motifs is 1. The predicted molar refractivity (Wildman–Crippen MR) is 81.4 cm³/mol. The largest absolute Gasteiger partial charge is 0.338 e. The number of carbonyl (C=O) groups excluding carboxylic acids is 1. The van der Waals surface area contributed by atoms with Gasteiger partial charge >= 0.3 is 0 Å². The molecule has 0 radical (unpaired) electrons. The molecule has 0 saturated heterocycles. The third-order valence-electron chi connectivity index (χ3n) is 3.35. The lowest BCUT2D eigenvalue weighted by Crippen LogP contribution is -2.31. The maximum absolute atomic E-state index is 12.5. The summed E-state index contributed by atoms with van der Waals surface area (Å²) in [5, 5.41) is 1.97. The first-order valence-electron chi connectivity index (χ1n) is 6.43. The Labute approximate surface area is 121 Å². The fraction of sp³-hybridized carbons (Fsp3) is 0.333. The SMILES string of the molecule is CCN(CC)C(=O)c1nccc2c(C)ccc(Br)c12. The van der Waals surface area contributed by atoms with Crippen LogP contribution in [0.5, 0.6) is 0 Å². The second-order valence-corrected chi connectivity index (χ2v) is 5.28. The maximum Gasteiger partial charge on any atom is 0.273 e. The molecule has 19 heavy (non-hydrogen) atoms. The molecule has 0 saturated carbocycles. The van der Waals surface area contributed by atoms with Crippen molar-refractivity contribution in [2.24, 2.45) is 0 Å². The van der Waals surface area contributed by atoms with Gasteiger partial charge < -0.3 is 4.90 Å². The van der Waals surface area contributed by atoms with Crippen LogP contribution in [-0.4, -0.2) is 28.9 Å². The van der Waals surface area contributed by atoms with Crippen molar-refractivity contribution < 1.29 is 4.79 Å². The van der Waals surface area contributed by atoms with Crippen LogP contribution in [0.4, 0.5) is 0 Å². The van der Waals surface area contributed by atoms with E-state index in [0.29, 0.717) is 18.8 Å². The number of carbonyl (C=O) groups is 1. The van der Waals surface area contributed by atoms with Gasteiger partial charge in [-0.05, 0) is 43.9 Å². The summed E-state index contributed by atoms with van der Waals surface area (Å²) in [5.41, 5.74) is 1.67. The first-order valence-corrected chi connectivity index (χ1v) is 7.22. The number of rotatable bonds is 3. The molecule has 1 aromatic heterocycles. The van der Waals surface area contributed by atoms with Crippen LogP contribution in [0.3, 0.4) is 0 Å². The lowest BCUT2D eigenvalue weighted by atomic mass is 10.0. The van der Waals surface area contributed by atoms with Crippen molar-refractivity contribution >= 4 is 32.6 Å². The van der Waals surface area contributed by atoms with Gasteiger partial charge in [-0.2, -0.15) is 0 Å². The van der Waals surface area contributed by atoms with Crippen LogP contribution in [0.25, 0.3) is 10.8 Å². The third kappa shape index (κ3) is 2.50. The molecule has 0 fully saturated rings. The van der Waals surface area contributed by atoms with Crippen molar-refractivity contribution in [2.75, 3.05) is 13.1 Å². The molecule has 0 aliphatic carbocycles. The number of hydrogen-bond donors (Lipinski definition) is 0. The summed E-state index contributed by atoms with van der Waals surface area (Å²) in [6.07, 6.45) is 1.71. The Morgan fingerprint density at radius 1 is 1.26 bits per heavy atom. The summed E-state index contributed by atoms with van der Waals surface area (Å²) in [5.74, 6) is -0.0121. The third-order valence-corrected chi connectivity index (χ3v) is 4.01. The Kier molecular flexibility index (Phi) is 4.20. The number of halogens is 1. The molecular formula is C15H17BrN2O. The van der Waals surface area contributed by atoms with Crippen molar-refractivity contribution in [3.8, 4) is 0 Å². The molecule has 0 spiro atoms. The molecule has 1 amide bonds. The van der Waals surface area contributed by atoms with Gasteiger partial charge in [0.05, 0.1) is 0 Å². The van der Waals surface area contributed by atoms with E-state index in [1.807, 2.05) is 39.0 Å². The van der Waals surface area contributed by atoms with Gasteiger partial charge in [0.25, 0.3) is 5.91 Å². The Hall–Kier alpha value is -1.42. The highest BCUT2D eigenvalue weighted by Crippen LogP contribution is 2.29. The highest BCUT2D eigenvalue weighted by molar-refractivity contribution is 9.10. The van der Waals surface area contributed by atoms with Gasteiger partial charge in [0.15, 0.2) is 0 Å². The normalized spacial score (nSPS) is 10.7. The quantitative estimate of drug-likeness (QED) is 0.862. The molecule has 0 unspecified atom stereocenters. The molecule has 0 bridgehead atoms. The predicted octanol–water partition coefficient (Wildman–Crippen LogP) is 3.79. The van der Waals surface area contributed by atoms with E-state index in [4.69, 9.17) is 0 Å². The van der Waals surface area contributed by atoms with E-state index in [0.717, 1.165) is 20.8 Å². The highest BCUT2D eigenvalue weighted by atomic mass is 79.9. The van der Waals surface area contributed by atoms with Gasteiger partial charge in [0, 0.05) is 29.1 Å². The Morgan fingerprint density at radius 2 is 1.95 bits per heavy atom. The zero-order chi connectivity index (χ0) is 14.0. The van der Waals surface area contributed by atoms with Crippen molar-refractivity contribution in [3.63, 3.8) is 0 Å². The molecule has 0 aliphatic rings. The number of pyridine rings is 1. The second kappa shape index (κ2) is 5.70. The van der Waals surface area contributed by atoms with Gasteiger partial charge in [0.1, 0.15) is 5.69 Å². The minimum Gasteiger partial charge on any atom is -0.338 e. The summed E-state index contributed by atoms with van der Waals surface area (Å²) < 4.78 is 0.914. The summed E-state index contributed by atoms with van der Waals surface area (Å²) >= 11 is 3.53. The summed E-state index contributed by atoms with van der Waals surface area (Å²) in [4.78, 5) is 18.6. The van der Waals surface area contributed by atoms with E-state index < -0.39 is 0 Å². The van der Waals surface area contributed by atoms with E-state index in [9.17, 15) is 4.79 Å². The smallest absolute Gasteiger partial charge is 0.273 e. The van der Waals surface area contributed by atoms with E-state index in [2.05, 4.69) is 20.9 Å². The van der Waals surface area contributed by atoms with Gasteiger partial charge in [-0.15, -0.1) is 0 Å². The molecule has 100 valence electrons. The lowest BCUT2D eigenvalue weighted by molar-refractivity contribution is 0.0769. The van der Waals surface area contributed by atoms with Crippen molar-refractivity contribution in [1.82, 2.24) is 9.88 Å². The average Bonchev–Trinajstić information content (AvgIpc) is 2.43. The summed E-state index contributed by atoms with van der Waals surface area (Å²) in [6.45, 7) is 7.38. The first-order chi connectivity index (χ1) is 9.10. The lowest BCUT2D eigenvalue weighted by Gasteiger charge is -2.19. The van der Waals surface area contributed by atoms with E-state index in [1.54, 1.807) is 11.1 Å². The number of aromatic nitrogens is 1. The minimum atomic E-state index is -0.0121. The molecule has 2 aromatic rings. The summed E-state index contributed by atoms with van der Waals surface area (Å²) in [6, 6.07) is 5.96. The van der Waals surface area contributed by atoms with Crippen molar-refractivity contribution in [3.05, 3.63) is 40.1 Å². The van der Waals surface area contributed by atoms with Crippen LogP contribution in [0.15, 0.2) is 28.9 Å². The molecule has 2 rings (SSSR count). The van der Waals surface area contributed by atoms with Crippen LogP contribution in [0.1, 0.15) is 29.9 Å². The number of nitrogens with zero attached hydrogens (tertiary/aromatic N) is 2. The molecule has 0 aliphatic heterocycles. The molecule has 0 N–H and O–H groups in total. The zero-order valence-electron chi connectivity index (χ0n) is 11.4. The molecule has 1 heterocycles. The molecule has 3 nitrogen and oxygen atoms in total. The van der Waals surface area contributed by atoms with Crippen LogP contribution < -0.4 is 0 Å². The molecule has 1 aromatic carbocycles. The minimum absolute atomic E-state index is 0.0121. The monoisotopic (exact) mass is 320 g/mol. The maximum atomic E-state index is 12.5. The van der Waals surface area contributed by atoms with Crippen LogP contribution in [-0.2, 0) is 0 Å². The van der Waals surface area contributed by atoms with Gasteiger partial charge in [-0.3, -0.25) is 9.78 Å². The number of aryl methyl sites for hydroxylation is 1. The number of benzene rings is 1. The van der Waals surface area contributed by atoms with Crippen LogP contribution in [0.2, 0.25) is 0 Å². The second-order valence-electron chi connectivity index (χ2n) is 4.42. The standard InChI is InChI=1S/C15H17BrN2O/c1-4-18(5-2)15(19)14-13-11(8-9-17-14)10(3)6-7-12(13)16/h6-9H,4-5H2,1-3H3. The van der Waals surface area contributed by atoms with E-state index in [1.165, 1.54) is 0 Å². The van der Waals surface area contributed by atoms with Crippen LogP contribution in [0, 0.1) is 6.92 Å².